The normalized spacial score (nSPS) is 18.2. The first-order chi connectivity index (χ1) is 9.74. The summed E-state index contributed by atoms with van der Waals surface area (Å²) in [7, 11) is 0. The highest BCUT2D eigenvalue weighted by Crippen LogP contribution is 2.38. The number of thioether (sulfide) groups is 1. The number of anilines is 1. The van der Waals surface area contributed by atoms with Crippen LogP contribution >= 0.6 is 11.8 Å². The lowest BCUT2D eigenvalue weighted by molar-refractivity contribution is 0.210. The number of hydrogen-bond acceptors (Lipinski definition) is 3. The highest BCUT2D eigenvalue weighted by Gasteiger charge is 2.32. The summed E-state index contributed by atoms with van der Waals surface area (Å²) in [5.41, 5.74) is 1.95. The number of rotatable bonds is 2. The van der Waals surface area contributed by atoms with Crippen LogP contribution in [0, 0.1) is 6.92 Å². The Morgan fingerprint density at radius 3 is 3.05 bits per heavy atom. The molecule has 0 aliphatic carbocycles. The minimum Gasteiger partial charge on any atom is -0.466 e. The average molecular weight is 288 g/mol. The van der Waals surface area contributed by atoms with Crippen LogP contribution in [-0.2, 0) is 0 Å². The highest BCUT2D eigenvalue weighted by molar-refractivity contribution is 7.99. The van der Waals surface area contributed by atoms with Crippen LogP contribution in [0.15, 0.2) is 47.1 Å². The molecule has 0 bridgehead atoms. The molecule has 2 heterocycles. The fourth-order valence-corrected chi connectivity index (χ4v) is 3.47. The Balaban J connectivity index is 1.73. The fourth-order valence-electron chi connectivity index (χ4n) is 2.26. The van der Waals surface area contributed by atoms with Gasteiger partial charge in [-0.05, 0) is 36.8 Å². The van der Waals surface area contributed by atoms with E-state index in [-0.39, 0.29) is 11.4 Å². The second-order valence-electron chi connectivity index (χ2n) is 4.73. The summed E-state index contributed by atoms with van der Waals surface area (Å²) in [4.78, 5) is 14.2. The molecule has 0 radical (unpaired) electrons. The van der Waals surface area contributed by atoms with Gasteiger partial charge in [0.2, 0.25) is 0 Å². The van der Waals surface area contributed by atoms with Crippen LogP contribution in [0.3, 0.4) is 0 Å². The number of urea groups is 1. The van der Waals surface area contributed by atoms with Crippen molar-refractivity contribution in [3.05, 3.63) is 54.0 Å². The van der Waals surface area contributed by atoms with Gasteiger partial charge in [0.15, 0.2) is 0 Å². The van der Waals surface area contributed by atoms with E-state index in [0.29, 0.717) is 0 Å². The molecule has 1 aromatic heterocycles. The Hall–Kier alpha value is -1.88. The predicted molar refractivity (Wildman–Crippen MR) is 80.8 cm³/mol. The molecule has 1 N–H and O–H groups in total. The van der Waals surface area contributed by atoms with Gasteiger partial charge < -0.3 is 14.6 Å². The fraction of sp³-hybridized carbons (Fsp3) is 0.267. The first-order valence-corrected chi connectivity index (χ1v) is 7.58. The standard InChI is InChI=1S/C15H16N2O2S/c1-11-4-2-5-12(10-11)16-15(18)17-7-9-20-14(17)13-6-3-8-19-13/h2-6,8,10,14H,7,9H2,1H3,(H,16,18). The first-order valence-electron chi connectivity index (χ1n) is 6.53. The lowest BCUT2D eigenvalue weighted by Crippen LogP contribution is -2.34. The van der Waals surface area contributed by atoms with Crippen LogP contribution in [0.1, 0.15) is 16.7 Å². The number of carbonyl (C=O) groups is 1. The van der Waals surface area contributed by atoms with E-state index < -0.39 is 0 Å². The lowest BCUT2D eigenvalue weighted by atomic mass is 10.2. The van der Waals surface area contributed by atoms with Crippen LogP contribution in [0.5, 0.6) is 0 Å². The van der Waals surface area contributed by atoms with E-state index >= 15 is 0 Å². The summed E-state index contributed by atoms with van der Waals surface area (Å²) in [6, 6.07) is 11.5. The van der Waals surface area contributed by atoms with Crippen molar-refractivity contribution in [3.8, 4) is 0 Å². The second-order valence-corrected chi connectivity index (χ2v) is 5.92. The summed E-state index contributed by atoms with van der Waals surface area (Å²) < 4.78 is 5.42. The minimum absolute atomic E-state index is 0.0326. The Labute approximate surface area is 122 Å². The highest BCUT2D eigenvalue weighted by atomic mass is 32.2. The van der Waals surface area contributed by atoms with E-state index in [9.17, 15) is 4.79 Å². The quantitative estimate of drug-likeness (QED) is 0.912. The van der Waals surface area contributed by atoms with E-state index in [4.69, 9.17) is 4.42 Å². The van der Waals surface area contributed by atoms with Gasteiger partial charge in [-0.25, -0.2) is 4.79 Å². The van der Waals surface area contributed by atoms with Crippen molar-refractivity contribution >= 4 is 23.5 Å². The van der Waals surface area contributed by atoms with Crippen LogP contribution < -0.4 is 5.32 Å². The van der Waals surface area contributed by atoms with Gasteiger partial charge >= 0.3 is 6.03 Å². The molecule has 5 heteroatoms. The van der Waals surface area contributed by atoms with Crippen molar-refractivity contribution in [3.63, 3.8) is 0 Å². The number of carbonyl (C=O) groups excluding carboxylic acids is 1. The molecule has 20 heavy (non-hydrogen) atoms. The molecular formula is C15H16N2O2S. The number of nitrogens with zero attached hydrogens (tertiary/aromatic N) is 1. The molecule has 1 unspecified atom stereocenters. The minimum atomic E-state index is -0.0815. The van der Waals surface area contributed by atoms with Gasteiger partial charge in [-0.3, -0.25) is 0 Å². The number of hydrogen-bond donors (Lipinski definition) is 1. The summed E-state index contributed by atoms with van der Waals surface area (Å²) in [6.07, 6.45) is 1.64. The molecule has 0 spiro atoms. The van der Waals surface area contributed by atoms with Crippen molar-refractivity contribution in [1.29, 1.82) is 0 Å². The number of amides is 2. The Kier molecular flexibility index (Phi) is 3.69. The molecule has 2 amide bonds. The maximum absolute atomic E-state index is 12.4. The largest absolute Gasteiger partial charge is 0.466 e. The second kappa shape index (κ2) is 5.63. The van der Waals surface area contributed by atoms with Crippen LogP contribution in [-0.4, -0.2) is 23.2 Å². The molecule has 2 aromatic rings. The van der Waals surface area contributed by atoms with Crippen LogP contribution in [0.25, 0.3) is 0 Å². The Morgan fingerprint density at radius 2 is 2.30 bits per heavy atom. The maximum atomic E-state index is 12.4. The van der Waals surface area contributed by atoms with Gasteiger partial charge in [-0.2, -0.15) is 0 Å². The Bertz CT molecular complexity index is 598. The van der Waals surface area contributed by atoms with Gasteiger partial charge in [-0.15, -0.1) is 11.8 Å². The summed E-state index contributed by atoms with van der Waals surface area (Å²) in [5, 5.41) is 2.92. The zero-order chi connectivity index (χ0) is 13.9. The van der Waals surface area contributed by atoms with Gasteiger partial charge in [0.1, 0.15) is 11.1 Å². The molecule has 1 saturated heterocycles. The maximum Gasteiger partial charge on any atom is 0.323 e. The molecule has 3 rings (SSSR count). The third-order valence-electron chi connectivity index (χ3n) is 3.21. The molecule has 1 aromatic carbocycles. The first kappa shape index (κ1) is 13.1. The van der Waals surface area contributed by atoms with Gasteiger partial charge in [0.05, 0.1) is 6.26 Å². The van der Waals surface area contributed by atoms with Gasteiger partial charge in [0.25, 0.3) is 0 Å². The lowest BCUT2D eigenvalue weighted by Gasteiger charge is -2.22. The number of nitrogens with one attached hydrogen (secondary N) is 1. The molecule has 0 saturated carbocycles. The third kappa shape index (κ3) is 2.67. The topological polar surface area (TPSA) is 45.5 Å². The number of benzene rings is 1. The number of aryl methyl sites for hydroxylation is 1. The molecule has 104 valence electrons. The van der Waals surface area contributed by atoms with Crippen molar-refractivity contribution in [2.24, 2.45) is 0 Å². The number of furan rings is 1. The van der Waals surface area contributed by atoms with Gasteiger partial charge in [0, 0.05) is 18.0 Å². The Morgan fingerprint density at radius 1 is 1.40 bits per heavy atom. The zero-order valence-corrected chi connectivity index (χ0v) is 12.0. The molecule has 1 atom stereocenters. The predicted octanol–water partition coefficient (Wildman–Crippen LogP) is 3.87. The van der Waals surface area contributed by atoms with E-state index in [1.54, 1.807) is 18.0 Å². The third-order valence-corrected chi connectivity index (χ3v) is 4.43. The van der Waals surface area contributed by atoms with E-state index in [0.717, 1.165) is 29.3 Å². The van der Waals surface area contributed by atoms with Crippen molar-refractivity contribution in [2.45, 2.75) is 12.3 Å². The monoisotopic (exact) mass is 288 g/mol. The van der Waals surface area contributed by atoms with Crippen LogP contribution in [0.2, 0.25) is 0 Å². The van der Waals surface area contributed by atoms with Crippen molar-refractivity contribution in [2.75, 3.05) is 17.6 Å². The molecule has 4 nitrogen and oxygen atoms in total. The van der Waals surface area contributed by atoms with Gasteiger partial charge in [-0.1, -0.05) is 12.1 Å². The molecule has 1 aliphatic heterocycles. The zero-order valence-electron chi connectivity index (χ0n) is 11.2. The molecule has 1 fully saturated rings. The van der Waals surface area contributed by atoms with E-state index in [1.165, 1.54) is 0 Å². The molecular weight excluding hydrogens is 272 g/mol. The average Bonchev–Trinajstić information content (AvgIpc) is 3.09. The van der Waals surface area contributed by atoms with Crippen molar-refractivity contribution in [1.82, 2.24) is 4.90 Å². The summed E-state index contributed by atoms with van der Waals surface area (Å²) in [6.45, 7) is 2.74. The smallest absolute Gasteiger partial charge is 0.323 e. The van der Waals surface area contributed by atoms with Crippen molar-refractivity contribution < 1.29 is 9.21 Å². The SMILES string of the molecule is Cc1cccc(NC(=O)N2CCSC2c2ccco2)c1. The molecule has 1 aliphatic rings. The summed E-state index contributed by atoms with van der Waals surface area (Å²) >= 11 is 1.72. The van der Waals surface area contributed by atoms with Crippen LogP contribution in [0.4, 0.5) is 10.5 Å². The van der Waals surface area contributed by atoms with E-state index in [2.05, 4.69) is 5.32 Å². The van der Waals surface area contributed by atoms with E-state index in [1.807, 2.05) is 48.2 Å². The summed E-state index contributed by atoms with van der Waals surface area (Å²) in [5.74, 6) is 1.75.